The maximum atomic E-state index is 10.9. The molecule has 88 valence electrons. The summed E-state index contributed by atoms with van der Waals surface area (Å²) >= 11 is 0. The molecule has 1 aromatic carbocycles. The highest BCUT2D eigenvalue weighted by atomic mass is 16.5. The maximum absolute atomic E-state index is 10.9. The van der Waals surface area contributed by atoms with E-state index in [0.29, 0.717) is 5.69 Å². The topological polar surface area (TPSA) is 78.3 Å². The van der Waals surface area contributed by atoms with Gasteiger partial charge in [0.2, 0.25) is 5.91 Å². The van der Waals surface area contributed by atoms with Gasteiger partial charge in [0.25, 0.3) is 0 Å². The standard InChI is InChI=1S/C12H18N2O2/c1-7-4-5-10(13)9(3)11(7)16-6-8(2)12(14)15/h4-5,8H,6,13H2,1-3H3,(H2,14,15). The zero-order valence-corrected chi connectivity index (χ0v) is 9.91. The third-order valence-electron chi connectivity index (χ3n) is 2.61. The van der Waals surface area contributed by atoms with E-state index in [2.05, 4.69) is 0 Å². The highest BCUT2D eigenvalue weighted by Gasteiger charge is 2.12. The lowest BCUT2D eigenvalue weighted by molar-refractivity contribution is -0.122. The van der Waals surface area contributed by atoms with Crippen molar-refractivity contribution in [2.45, 2.75) is 20.8 Å². The summed E-state index contributed by atoms with van der Waals surface area (Å²) in [5, 5.41) is 0. The van der Waals surface area contributed by atoms with Crippen LogP contribution in [-0.2, 0) is 4.79 Å². The van der Waals surface area contributed by atoms with Crippen LogP contribution in [0.3, 0.4) is 0 Å². The minimum absolute atomic E-state index is 0.278. The predicted molar refractivity (Wildman–Crippen MR) is 64.2 cm³/mol. The smallest absolute Gasteiger partial charge is 0.223 e. The van der Waals surface area contributed by atoms with Crippen molar-refractivity contribution >= 4 is 11.6 Å². The van der Waals surface area contributed by atoms with Gasteiger partial charge in [-0.2, -0.15) is 0 Å². The van der Waals surface area contributed by atoms with E-state index in [1.54, 1.807) is 6.92 Å². The zero-order chi connectivity index (χ0) is 12.3. The van der Waals surface area contributed by atoms with Crippen molar-refractivity contribution in [2.24, 2.45) is 11.7 Å². The summed E-state index contributed by atoms with van der Waals surface area (Å²) in [4.78, 5) is 10.9. The molecule has 1 amide bonds. The number of carbonyl (C=O) groups is 1. The Labute approximate surface area is 95.6 Å². The van der Waals surface area contributed by atoms with Gasteiger partial charge >= 0.3 is 0 Å². The first-order chi connectivity index (χ1) is 7.43. The number of amides is 1. The van der Waals surface area contributed by atoms with Crippen LogP contribution in [0.15, 0.2) is 12.1 Å². The molecule has 4 N–H and O–H groups in total. The quantitative estimate of drug-likeness (QED) is 0.755. The summed E-state index contributed by atoms with van der Waals surface area (Å²) in [6.45, 7) is 5.85. The summed E-state index contributed by atoms with van der Waals surface area (Å²) < 4.78 is 5.59. The van der Waals surface area contributed by atoms with Crippen LogP contribution < -0.4 is 16.2 Å². The molecule has 0 aromatic heterocycles. The number of nitrogen functional groups attached to an aromatic ring is 1. The summed E-state index contributed by atoms with van der Waals surface area (Å²) in [7, 11) is 0. The fourth-order valence-corrected chi connectivity index (χ4v) is 1.35. The molecule has 0 aliphatic heterocycles. The van der Waals surface area contributed by atoms with Gasteiger partial charge in [-0.25, -0.2) is 0 Å². The van der Waals surface area contributed by atoms with Crippen LogP contribution in [0.2, 0.25) is 0 Å². The Morgan fingerprint density at radius 2 is 2.06 bits per heavy atom. The van der Waals surface area contributed by atoms with E-state index in [4.69, 9.17) is 16.2 Å². The first kappa shape index (κ1) is 12.4. The number of primary amides is 1. The first-order valence-electron chi connectivity index (χ1n) is 5.21. The SMILES string of the molecule is Cc1ccc(N)c(C)c1OCC(C)C(N)=O. The second kappa shape index (κ2) is 4.88. The molecule has 0 spiro atoms. The average Bonchev–Trinajstić information content (AvgIpc) is 2.23. The molecule has 0 saturated heterocycles. The van der Waals surface area contributed by atoms with Crippen LogP contribution in [0.4, 0.5) is 5.69 Å². The molecule has 0 heterocycles. The lowest BCUT2D eigenvalue weighted by Crippen LogP contribution is -2.26. The minimum Gasteiger partial charge on any atom is -0.492 e. The monoisotopic (exact) mass is 222 g/mol. The van der Waals surface area contributed by atoms with Crippen molar-refractivity contribution < 1.29 is 9.53 Å². The number of ether oxygens (including phenoxy) is 1. The number of carbonyl (C=O) groups excluding carboxylic acids is 1. The van der Waals surface area contributed by atoms with Crippen LogP contribution >= 0.6 is 0 Å². The largest absolute Gasteiger partial charge is 0.492 e. The molecule has 1 unspecified atom stereocenters. The number of hydrogen-bond acceptors (Lipinski definition) is 3. The summed E-state index contributed by atoms with van der Waals surface area (Å²) in [5.74, 6) is 0.0764. The molecular weight excluding hydrogens is 204 g/mol. The highest BCUT2D eigenvalue weighted by molar-refractivity contribution is 5.76. The Morgan fingerprint density at radius 1 is 1.44 bits per heavy atom. The van der Waals surface area contributed by atoms with Gasteiger partial charge in [-0.15, -0.1) is 0 Å². The van der Waals surface area contributed by atoms with E-state index >= 15 is 0 Å². The molecule has 0 aliphatic carbocycles. The predicted octanol–water partition coefficient (Wildman–Crippen LogP) is 1.39. The normalized spacial score (nSPS) is 12.2. The Balaban J connectivity index is 2.81. The van der Waals surface area contributed by atoms with Gasteiger partial charge in [0, 0.05) is 11.3 Å². The molecule has 1 atom stereocenters. The average molecular weight is 222 g/mol. The van der Waals surface area contributed by atoms with Crippen LogP contribution in [-0.4, -0.2) is 12.5 Å². The highest BCUT2D eigenvalue weighted by Crippen LogP contribution is 2.27. The molecule has 0 saturated carbocycles. The van der Waals surface area contributed by atoms with Crippen molar-refractivity contribution in [1.82, 2.24) is 0 Å². The fourth-order valence-electron chi connectivity index (χ4n) is 1.35. The molecule has 4 heteroatoms. The number of rotatable bonds is 4. The van der Waals surface area contributed by atoms with Gasteiger partial charge in [0.05, 0.1) is 12.5 Å². The minimum atomic E-state index is -0.362. The van der Waals surface area contributed by atoms with Crippen LogP contribution in [0.1, 0.15) is 18.1 Å². The Hall–Kier alpha value is -1.71. The maximum Gasteiger partial charge on any atom is 0.223 e. The van der Waals surface area contributed by atoms with E-state index < -0.39 is 0 Å². The zero-order valence-electron chi connectivity index (χ0n) is 9.91. The van der Waals surface area contributed by atoms with E-state index in [-0.39, 0.29) is 18.4 Å². The van der Waals surface area contributed by atoms with Crippen molar-refractivity contribution in [1.29, 1.82) is 0 Å². The first-order valence-corrected chi connectivity index (χ1v) is 5.21. The number of nitrogens with two attached hydrogens (primary N) is 2. The Bertz CT molecular complexity index is 402. The molecule has 0 aliphatic rings. The number of anilines is 1. The molecule has 1 rings (SSSR count). The van der Waals surface area contributed by atoms with Gasteiger partial charge < -0.3 is 16.2 Å². The van der Waals surface area contributed by atoms with Crippen LogP contribution in [0.25, 0.3) is 0 Å². The fraction of sp³-hybridized carbons (Fsp3) is 0.417. The molecular formula is C12H18N2O2. The van der Waals surface area contributed by atoms with Crippen molar-refractivity contribution in [2.75, 3.05) is 12.3 Å². The van der Waals surface area contributed by atoms with Crippen molar-refractivity contribution in [3.63, 3.8) is 0 Å². The van der Waals surface area contributed by atoms with E-state index in [1.165, 1.54) is 0 Å². The third-order valence-corrected chi connectivity index (χ3v) is 2.61. The van der Waals surface area contributed by atoms with Crippen molar-refractivity contribution in [3.05, 3.63) is 23.3 Å². The van der Waals surface area contributed by atoms with E-state index in [9.17, 15) is 4.79 Å². The van der Waals surface area contributed by atoms with Gasteiger partial charge in [-0.05, 0) is 25.5 Å². The molecule has 16 heavy (non-hydrogen) atoms. The second-order valence-electron chi connectivity index (χ2n) is 4.04. The summed E-state index contributed by atoms with van der Waals surface area (Å²) in [6, 6.07) is 3.74. The molecule has 0 bridgehead atoms. The van der Waals surface area contributed by atoms with Crippen LogP contribution in [0.5, 0.6) is 5.75 Å². The lowest BCUT2D eigenvalue weighted by Gasteiger charge is -2.15. The van der Waals surface area contributed by atoms with Crippen molar-refractivity contribution in [3.8, 4) is 5.75 Å². The Morgan fingerprint density at radius 3 is 2.62 bits per heavy atom. The van der Waals surface area contributed by atoms with Gasteiger partial charge in [-0.1, -0.05) is 13.0 Å². The van der Waals surface area contributed by atoms with E-state index in [1.807, 2.05) is 26.0 Å². The molecule has 1 aromatic rings. The van der Waals surface area contributed by atoms with Gasteiger partial charge in [-0.3, -0.25) is 4.79 Å². The van der Waals surface area contributed by atoms with E-state index in [0.717, 1.165) is 16.9 Å². The number of aryl methyl sites for hydroxylation is 1. The van der Waals surface area contributed by atoms with Crippen LogP contribution in [0, 0.1) is 19.8 Å². The van der Waals surface area contributed by atoms with Gasteiger partial charge in [0.1, 0.15) is 5.75 Å². The van der Waals surface area contributed by atoms with Gasteiger partial charge in [0.15, 0.2) is 0 Å². The summed E-state index contributed by atoms with van der Waals surface area (Å²) in [6.07, 6.45) is 0. The Kier molecular flexibility index (Phi) is 3.77. The second-order valence-corrected chi connectivity index (χ2v) is 4.04. The third kappa shape index (κ3) is 2.66. The molecule has 0 fully saturated rings. The lowest BCUT2D eigenvalue weighted by atomic mass is 10.1. The molecule has 4 nitrogen and oxygen atoms in total. The summed E-state index contributed by atoms with van der Waals surface area (Å²) in [5.41, 5.74) is 13.5. The molecule has 0 radical (unpaired) electrons. The number of hydrogen-bond donors (Lipinski definition) is 2. The number of benzene rings is 1.